The molecule has 47 heavy (non-hydrogen) atoms. The fraction of sp³-hybridized carbons (Fsp3) is 1.00. The first kappa shape index (κ1) is 36.2. The first-order valence-corrected chi connectivity index (χ1v) is 16.3. The third-order valence-corrected chi connectivity index (χ3v) is 10.5. The van der Waals surface area contributed by atoms with Crippen LogP contribution in [0.15, 0.2) is 0 Å². The molecule has 6 rings (SSSR count). The van der Waals surface area contributed by atoms with Gasteiger partial charge in [-0.2, -0.15) is 0 Å². The van der Waals surface area contributed by atoms with E-state index in [9.17, 15) is 65.4 Å². The zero-order valence-corrected chi connectivity index (χ0v) is 25.1. The Morgan fingerprint density at radius 2 is 1.21 bits per heavy atom. The van der Waals surface area contributed by atoms with Gasteiger partial charge in [0.1, 0.15) is 97.7 Å². The van der Waals surface area contributed by atoms with E-state index in [0.717, 1.165) is 0 Å². The van der Waals surface area contributed by atoms with Crippen molar-refractivity contribution < 1.29 is 108 Å². The van der Waals surface area contributed by atoms with Crippen LogP contribution in [0.5, 0.6) is 0 Å². The summed E-state index contributed by atoms with van der Waals surface area (Å²) >= 11 is 0. The molecule has 23 heteroatoms. The zero-order chi connectivity index (χ0) is 34.2. The van der Waals surface area contributed by atoms with Crippen LogP contribution in [0.3, 0.4) is 0 Å². The molecule has 0 unspecified atom stereocenters. The van der Waals surface area contributed by atoms with Crippen molar-refractivity contribution in [3.63, 3.8) is 0 Å². The van der Waals surface area contributed by atoms with E-state index < -0.39 is 143 Å². The Morgan fingerprint density at radius 1 is 0.638 bits per heavy atom. The van der Waals surface area contributed by atoms with Crippen molar-refractivity contribution in [2.24, 2.45) is 0 Å². The average Bonchev–Trinajstić information content (AvgIpc) is 3.51. The van der Waals surface area contributed by atoms with E-state index in [4.69, 9.17) is 42.6 Å². The van der Waals surface area contributed by atoms with E-state index in [-0.39, 0.29) is 13.2 Å². The lowest BCUT2D eigenvalue weighted by molar-refractivity contribution is -0.380. The Hall–Kier alpha value is -0.610. The Morgan fingerprint density at radius 3 is 1.83 bits per heavy atom. The molecule has 6 aliphatic rings. The highest BCUT2D eigenvalue weighted by molar-refractivity contribution is 7.53. The molecule has 0 aromatic carbocycles. The molecule has 22 nitrogen and oxygen atoms in total. The quantitative estimate of drug-likeness (QED) is 0.0988. The van der Waals surface area contributed by atoms with Gasteiger partial charge in [-0.05, 0) is 0 Å². The van der Waals surface area contributed by atoms with Gasteiger partial charge >= 0.3 is 13.1 Å². The summed E-state index contributed by atoms with van der Waals surface area (Å²) in [6.07, 6.45) is -31.1. The number of aliphatic hydroxyl groups excluding tert-OH is 10. The van der Waals surface area contributed by atoms with Crippen molar-refractivity contribution >= 4 is 7.60 Å². The van der Waals surface area contributed by atoms with Crippen molar-refractivity contribution in [1.29, 1.82) is 0 Å². The van der Waals surface area contributed by atoms with Gasteiger partial charge in [0, 0.05) is 0 Å². The largest absolute Gasteiger partial charge is 0.394 e. The first-order chi connectivity index (χ1) is 22.1. The molecule has 6 saturated heterocycles. The molecule has 6 aliphatic heterocycles. The standard InChI is InChI=1S/C24H39O22P/c25-1-5-10(28)17(13(31)22(41-5)43-15-7-3-38-18(15)12(30)21(34)40-7)44-23-14(32)19-16(8(42-23)4-39-19)46-24(47(35,36)37)20(33)11(29)9(27)6(2-26)45-24/h5-23,25-34H,1-4H2,(H2,35,36,37)/t5-,6-,7+,8+,9+,10-,11+,12+,13-,14+,15+,16+,17+,18+,19+,20-,21-,22+,23+,24+/m1/s1. The predicted octanol–water partition coefficient (Wildman–Crippen LogP) is -8.15. The van der Waals surface area contributed by atoms with E-state index in [0.29, 0.717) is 0 Å². The maximum absolute atomic E-state index is 12.6. The summed E-state index contributed by atoms with van der Waals surface area (Å²) in [7, 11) is -5.73. The lowest BCUT2D eigenvalue weighted by Gasteiger charge is -2.50. The zero-order valence-electron chi connectivity index (χ0n) is 24.2. The van der Waals surface area contributed by atoms with Crippen LogP contribution in [-0.2, 0) is 47.2 Å². The molecule has 0 spiro atoms. The molecule has 6 fully saturated rings. The van der Waals surface area contributed by atoms with Gasteiger partial charge in [-0.1, -0.05) is 0 Å². The topological polar surface area (TPSA) is 343 Å². The molecule has 12 N–H and O–H groups in total. The van der Waals surface area contributed by atoms with Crippen LogP contribution < -0.4 is 0 Å². The van der Waals surface area contributed by atoms with Crippen LogP contribution in [0.25, 0.3) is 0 Å². The smallest absolute Gasteiger partial charge is 0.387 e. The third kappa shape index (κ3) is 6.10. The maximum atomic E-state index is 12.6. The van der Waals surface area contributed by atoms with Gasteiger partial charge in [0.05, 0.1) is 26.4 Å². The molecule has 6 heterocycles. The molecule has 20 atom stereocenters. The molecule has 272 valence electrons. The molecular weight excluding hydrogens is 671 g/mol. The summed E-state index contributed by atoms with van der Waals surface area (Å²) in [5.41, 5.74) is -3.35. The van der Waals surface area contributed by atoms with Gasteiger partial charge in [0.25, 0.3) is 0 Å². The Kier molecular flexibility index (Phi) is 10.4. The molecule has 0 saturated carbocycles. The molecule has 0 radical (unpaired) electrons. The van der Waals surface area contributed by atoms with E-state index in [2.05, 4.69) is 0 Å². The Bertz CT molecular complexity index is 1140. The summed E-state index contributed by atoms with van der Waals surface area (Å²) in [5.74, 6) is 0. The van der Waals surface area contributed by atoms with Crippen LogP contribution in [0.4, 0.5) is 0 Å². The Balaban J connectivity index is 1.18. The van der Waals surface area contributed by atoms with Crippen molar-refractivity contribution in [3.8, 4) is 0 Å². The second-order valence-corrected chi connectivity index (χ2v) is 13.8. The fourth-order valence-corrected chi connectivity index (χ4v) is 7.68. The van der Waals surface area contributed by atoms with Gasteiger partial charge in [0.15, 0.2) is 18.9 Å². The minimum atomic E-state index is -5.73. The van der Waals surface area contributed by atoms with Crippen molar-refractivity contribution in [1.82, 2.24) is 0 Å². The van der Waals surface area contributed by atoms with Gasteiger partial charge in [-0.15, -0.1) is 0 Å². The van der Waals surface area contributed by atoms with Crippen molar-refractivity contribution in [3.05, 3.63) is 0 Å². The van der Waals surface area contributed by atoms with Crippen molar-refractivity contribution in [2.75, 3.05) is 26.4 Å². The third-order valence-electron chi connectivity index (χ3n) is 9.20. The minimum absolute atomic E-state index is 0.0715. The number of rotatable bonds is 9. The fourth-order valence-electron chi connectivity index (χ4n) is 6.65. The van der Waals surface area contributed by atoms with E-state index in [1.807, 2.05) is 0 Å². The minimum Gasteiger partial charge on any atom is -0.394 e. The molecule has 0 aromatic rings. The SMILES string of the molecule is O=P(O)(O)[C@]1(O[C@@H]2[C@H]3OC[C@@H]2O[C@@H](O[C@@H]2[C@@H](O)[C@H](O[C@@H]4[C@H]5OC[C@@H]4O[C@@H](O)[C@H]5O)O[C@H](CO)[C@H]2O)[C@H]3O)O[C@H](CO)[C@H](O)[C@H](O)[C@H]1O. The van der Waals surface area contributed by atoms with E-state index in [1.54, 1.807) is 0 Å². The van der Waals surface area contributed by atoms with Crippen molar-refractivity contribution in [2.45, 2.75) is 122 Å². The highest BCUT2D eigenvalue weighted by atomic mass is 31.2. The summed E-state index contributed by atoms with van der Waals surface area (Å²) in [6.45, 7) is -2.28. The average molecular weight is 711 g/mol. The van der Waals surface area contributed by atoms with Crippen LogP contribution >= 0.6 is 7.60 Å². The lowest BCUT2D eigenvalue weighted by atomic mass is 9.96. The van der Waals surface area contributed by atoms with Crippen LogP contribution in [-0.4, -0.2) is 209 Å². The van der Waals surface area contributed by atoms with E-state index >= 15 is 0 Å². The van der Waals surface area contributed by atoms with E-state index in [1.165, 1.54) is 0 Å². The first-order valence-electron chi connectivity index (χ1n) is 14.7. The highest BCUT2D eigenvalue weighted by Gasteiger charge is 2.68. The van der Waals surface area contributed by atoms with Gasteiger partial charge in [0.2, 0.25) is 0 Å². The molecule has 0 amide bonds. The normalized spacial score (nSPS) is 54.9. The molecule has 0 aromatic heterocycles. The summed E-state index contributed by atoms with van der Waals surface area (Å²) in [5, 5.41) is 104. The second-order valence-electron chi connectivity index (χ2n) is 12.1. The predicted molar refractivity (Wildman–Crippen MR) is 138 cm³/mol. The van der Waals surface area contributed by atoms with Gasteiger partial charge in [-0.3, -0.25) is 4.57 Å². The monoisotopic (exact) mass is 710 g/mol. The number of aliphatic hydroxyl groups is 10. The van der Waals surface area contributed by atoms with Gasteiger partial charge in [-0.25, -0.2) is 0 Å². The summed E-state index contributed by atoms with van der Waals surface area (Å²) in [6, 6.07) is 0. The lowest BCUT2D eigenvalue weighted by Crippen LogP contribution is -2.69. The number of fused-ring (bicyclic) bond motifs is 4. The summed E-state index contributed by atoms with van der Waals surface area (Å²) < 4.78 is 62.3. The number of ether oxygens (including phenoxy) is 9. The number of hydrogen-bond acceptors (Lipinski definition) is 20. The molecule has 0 aliphatic carbocycles. The van der Waals surface area contributed by atoms with Crippen LogP contribution in [0, 0.1) is 0 Å². The maximum Gasteiger partial charge on any atom is 0.387 e. The van der Waals surface area contributed by atoms with Crippen LogP contribution in [0.2, 0.25) is 0 Å². The highest BCUT2D eigenvalue weighted by Crippen LogP contribution is 2.58. The Labute approximate surface area is 264 Å². The molecule has 4 bridgehead atoms. The van der Waals surface area contributed by atoms with Gasteiger partial charge < -0.3 is 103 Å². The molecular formula is C24H39O22P. The van der Waals surface area contributed by atoms with Crippen LogP contribution in [0.1, 0.15) is 0 Å². The second kappa shape index (κ2) is 13.5. The summed E-state index contributed by atoms with van der Waals surface area (Å²) in [4.78, 5) is 20.3. The number of hydrogen-bond donors (Lipinski definition) is 12.